The Morgan fingerprint density at radius 3 is 2.58 bits per heavy atom. The van der Waals surface area contributed by atoms with E-state index in [0.29, 0.717) is 16.7 Å². The summed E-state index contributed by atoms with van der Waals surface area (Å²) in [5, 5.41) is 19.4. The summed E-state index contributed by atoms with van der Waals surface area (Å²) in [5.41, 5.74) is 0.668. The minimum atomic E-state index is 0.507. The number of aryl methyl sites for hydroxylation is 1. The van der Waals surface area contributed by atoms with Crippen LogP contribution >= 0.6 is 11.8 Å². The van der Waals surface area contributed by atoms with Crippen molar-refractivity contribution in [1.29, 1.82) is 5.26 Å². The maximum absolute atomic E-state index is 9.12. The molecule has 4 nitrogen and oxygen atoms in total. The number of fused-ring (bicyclic) bond motifs is 1. The van der Waals surface area contributed by atoms with Crippen LogP contribution < -0.4 is 0 Å². The molecule has 2 aromatic carbocycles. The summed E-state index contributed by atoms with van der Waals surface area (Å²) in [4.78, 5) is 0.998. The van der Waals surface area contributed by atoms with Gasteiger partial charge in [-0.3, -0.25) is 0 Å². The Balaban J connectivity index is 2.12. The van der Waals surface area contributed by atoms with Gasteiger partial charge in [0.25, 0.3) is 5.22 Å². The standard InChI is InChI=1S/C14H9N3OS/c1-9-16-17-14(18-9)19-13-7-6-10(8-15)11-4-2-3-5-12(11)13/h2-7H,1H3. The van der Waals surface area contributed by atoms with E-state index in [0.717, 1.165) is 15.7 Å². The largest absolute Gasteiger partial charge is 0.416 e. The summed E-state index contributed by atoms with van der Waals surface area (Å²) in [7, 11) is 0. The Morgan fingerprint density at radius 2 is 1.89 bits per heavy atom. The van der Waals surface area contributed by atoms with Crippen LogP contribution in [0.5, 0.6) is 0 Å². The highest BCUT2D eigenvalue weighted by Crippen LogP contribution is 2.33. The lowest BCUT2D eigenvalue weighted by Gasteiger charge is -2.05. The van der Waals surface area contributed by atoms with Gasteiger partial charge in [0.1, 0.15) is 0 Å². The van der Waals surface area contributed by atoms with E-state index in [2.05, 4.69) is 16.3 Å². The van der Waals surface area contributed by atoms with Crippen LogP contribution in [0.3, 0.4) is 0 Å². The van der Waals surface area contributed by atoms with Gasteiger partial charge in [0.15, 0.2) is 0 Å². The van der Waals surface area contributed by atoms with Gasteiger partial charge in [-0.2, -0.15) is 5.26 Å². The number of nitriles is 1. The first-order chi connectivity index (χ1) is 9.28. The van der Waals surface area contributed by atoms with Crippen LogP contribution in [0.15, 0.2) is 50.9 Å². The van der Waals surface area contributed by atoms with Gasteiger partial charge in [0.2, 0.25) is 5.89 Å². The quantitative estimate of drug-likeness (QED) is 0.710. The molecule has 0 bridgehead atoms. The fourth-order valence-electron chi connectivity index (χ4n) is 1.87. The van der Waals surface area contributed by atoms with Crippen LogP contribution in [0, 0.1) is 18.3 Å². The van der Waals surface area contributed by atoms with Crippen molar-refractivity contribution in [3.05, 3.63) is 47.9 Å². The second kappa shape index (κ2) is 4.75. The highest BCUT2D eigenvalue weighted by Gasteiger charge is 2.10. The minimum Gasteiger partial charge on any atom is -0.416 e. The predicted molar refractivity (Wildman–Crippen MR) is 71.8 cm³/mol. The highest BCUT2D eigenvalue weighted by molar-refractivity contribution is 7.99. The molecule has 0 unspecified atom stereocenters. The number of benzene rings is 2. The third-order valence-corrected chi connectivity index (χ3v) is 3.62. The second-order valence-corrected chi connectivity index (χ2v) is 4.95. The first-order valence-corrected chi connectivity index (χ1v) is 6.49. The molecule has 1 aromatic heterocycles. The lowest BCUT2D eigenvalue weighted by molar-refractivity contribution is 0.429. The molecule has 19 heavy (non-hydrogen) atoms. The number of aromatic nitrogens is 2. The number of nitrogens with zero attached hydrogens (tertiary/aromatic N) is 3. The van der Waals surface area contributed by atoms with Crippen molar-refractivity contribution in [3.8, 4) is 6.07 Å². The van der Waals surface area contributed by atoms with Crippen molar-refractivity contribution in [3.63, 3.8) is 0 Å². The maximum atomic E-state index is 9.12. The number of hydrogen-bond acceptors (Lipinski definition) is 5. The molecule has 0 amide bonds. The fraction of sp³-hybridized carbons (Fsp3) is 0.0714. The van der Waals surface area contributed by atoms with E-state index in [1.165, 1.54) is 11.8 Å². The maximum Gasteiger partial charge on any atom is 0.281 e. The summed E-state index contributed by atoms with van der Waals surface area (Å²) in [5.74, 6) is 0.542. The third kappa shape index (κ3) is 2.18. The van der Waals surface area contributed by atoms with E-state index < -0.39 is 0 Å². The van der Waals surface area contributed by atoms with Crippen molar-refractivity contribution in [1.82, 2.24) is 10.2 Å². The monoisotopic (exact) mass is 267 g/mol. The van der Waals surface area contributed by atoms with Crippen molar-refractivity contribution >= 4 is 22.5 Å². The molecular weight excluding hydrogens is 258 g/mol. The third-order valence-electron chi connectivity index (χ3n) is 2.71. The molecule has 0 atom stereocenters. The first kappa shape index (κ1) is 11.8. The molecule has 1 heterocycles. The summed E-state index contributed by atoms with van der Waals surface area (Å²) in [6, 6.07) is 13.7. The Morgan fingerprint density at radius 1 is 1.11 bits per heavy atom. The average Bonchev–Trinajstić information content (AvgIpc) is 2.85. The zero-order valence-electron chi connectivity index (χ0n) is 10.1. The van der Waals surface area contributed by atoms with E-state index in [9.17, 15) is 0 Å². The SMILES string of the molecule is Cc1nnc(Sc2ccc(C#N)c3ccccc23)o1. The molecule has 0 saturated carbocycles. The van der Waals surface area contributed by atoms with E-state index in [1.807, 2.05) is 36.4 Å². The molecule has 0 spiro atoms. The molecule has 0 saturated heterocycles. The smallest absolute Gasteiger partial charge is 0.281 e. The zero-order valence-corrected chi connectivity index (χ0v) is 10.9. The lowest BCUT2D eigenvalue weighted by atomic mass is 10.1. The lowest BCUT2D eigenvalue weighted by Crippen LogP contribution is -1.83. The molecule has 3 rings (SSSR count). The Bertz CT molecular complexity index is 789. The Hall–Kier alpha value is -2.32. The summed E-state index contributed by atoms with van der Waals surface area (Å²) < 4.78 is 5.37. The van der Waals surface area contributed by atoms with E-state index in [4.69, 9.17) is 9.68 Å². The first-order valence-electron chi connectivity index (χ1n) is 5.68. The minimum absolute atomic E-state index is 0.507. The van der Waals surface area contributed by atoms with Crippen LogP contribution in [0.4, 0.5) is 0 Å². The summed E-state index contributed by atoms with van der Waals surface area (Å²) >= 11 is 1.41. The topological polar surface area (TPSA) is 62.7 Å². The molecule has 0 fully saturated rings. The van der Waals surface area contributed by atoms with E-state index in [1.54, 1.807) is 6.92 Å². The van der Waals surface area contributed by atoms with Crippen molar-refractivity contribution in [2.45, 2.75) is 17.0 Å². The van der Waals surface area contributed by atoms with E-state index >= 15 is 0 Å². The molecule has 0 aliphatic heterocycles. The molecule has 0 aliphatic carbocycles. The number of hydrogen-bond donors (Lipinski definition) is 0. The summed E-state index contributed by atoms with van der Waals surface area (Å²) in [6.45, 7) is 1.76. The molecule has 0 radical (unpaired) electrons. The van der Waals surface area contributed by atoms with Crippen LogP contribution in [0.25, 0.3) is 10.8 Å². The molecule has 0 aliphatic rings. The van der Waals surface area contributed by atoms with Gasteiger partial charge in [-0.25, -0.2) is 0 Å². The van der Waals surface area contributed by atoms with Gasteiger partial charge in [-0.15, -0.1) is 10.2 Å². The zero-order chi connectivity index (χ0) is 13.2. The molecule has 5 heteroatoms. The van der Waals surface area contributed by atoms with Crippen molar-refractivity contribution in [2.24, 2.45) is 0 Å². The fourth-order valence-corrected chi connectivity index (χ4v) is 2.73. The summed E-state index contributed by atoms with van der Waals surface area (Å²) in [6.07, 6.45) is 0. The number of rotatable bonds is 2. The van der Waals surface area contributed by atoms with Gasteiger partial charge < -0.3 is 4.42 Å². The molecule has 92 valence electrons. The second-order valence-electron chi connectivity index (χ2n) is 3.96. The van der Waals surface area contributed by atoms with Crippen LogP contribution in [-0.2, 0) is 0 Å². The Kier molecular flexibility index (Phi) is 2.94. The van der Waals surface area contributed by atoms with E-state index in [-0.39, 0.29) is 0 Å². The molecular formula is C14H9N3OS. The van der Waals surface area contributed by atoms with Gasteiger partial charge in [0.05, 0.1) is 11.6 Å². The average molecular weight is 267 g/mol. The predicted octanol–water partition coefficient (Wildman–Crippen LogP) is 3.55. The Labute approximate surface area is 114 Å². The van der Waals surface area contributed by atoms with Crippen LogP contribution in [0.1, 0.15) is 11.5 Å². The normalized spacial score (nSPS) is 10.5. The highest BCUT2D eigenvalue weighted by atomic mass is 32.2. The van der Waals surface area contributed by atoms with Crippen molar-refractivity contribution < 1.29 is 4.42 Å². The van der Waals surface area contributed by atoms with Crippen LogP contribution in [-0.4, -0.2) is 10.2 Å². The van der Waals surface area contributed by atoms with Gasteiger partial charge >= 0.3 is 0 Å². The molecule has 0 N–H and O–H groups in total. The molecule has 3 aromatic rings. The van der Waals surface area contributed by atoms with Gasteiger partial charge in [-0.1, -0.05) is 24.3 Å². The van der Waals surface area contributed by atoms with Gasteiger partial charge in [-0.05, 0) is 29.3 Å². The van der Waals surface area contributed by atoms with Crippen molar-refractivity contribution in [2.75, 3.05) is 0 Å². The van der Waals surface area contributed by atoms with Gasteiger partial charge in [0, 0.05) is 17.2 Å². The van der Waals surface area contributed by atoms with Crippen LogP contribution in [0.2, 0.25) is 0 Å².